The maximum absolute atomic E-state index is 14.6. The van der Waals surface area contributed by atoms with Gasteiger partial charge in [-0.2, -0.15) is 57.9 Å². The number of hydrogen-bond donors (Lipinski definition) is 0. The van der Waals surface area contributed by atoms with Crippen molar-refractivity contribution in [2.24, 2.45) is 0 Å². The van der Waals surface area contributed by atoms with Crippen LogP contribution < -0.4 is 0 Å². The second-order valence-corrected chi connectivity index (χ2v) is 14.5. The van der Waals surface area contributed by atoms with E-state index in [2.05, 4.69) is 0 Å². The molecule has 0 saturated carbocycles. The van der Waals surface area contributed by atoms with Crippen molar-refractivity contribution in [2.75, 3.05) is 0 Å². The summed E-state index contributed by atoms with van der Waals surface area (Å²) < 4.78 is 175. The van der Waals surface area contributed by atoms with Crippen LogP contribution in [0.25, 0.3) is 77.2 Å². The Morgan fingerprint density at radius 1 is 0.403 bits per heavy atom. The number of halogens is 12. The molecule has 310 valence electrons. The van der Waals surface area contributed by atoms with Gasteiger partial charge in [0.15, 0.2) is 0 Å². The van der Waals surface area contributed by atoms with Crippen LogP contribution in [-0.2, 0) is 24.7 Å². The molecule has 0 radical (unpaired) electrons. The topological polar surface area (TPSA) is 33.6 Å². The predicted octanol–water partition coefficient (Wildman–Crippen LogP) is 15.2. The number of fused-ring (bicyclic) bond motifs is 6. The number of hydrogen-bond acceptors (Lipinski definition) is 1. The van der Waals surface area contributed by atoms with Gasteiger partial charge in [-0.05, 0) is 96.6 Å². The molecule has 9 aromatic rings. The highest BCUT2D eigenvalue weighted by Gasteiger charge is 2.41. The molecule has 0 aliphatic rings. The van der Waals surface area contributed by atoms with Gasteiger partial charge in [0.25, 0.3) is 0 Å². The predicted molar refractivity (Wildman–Crippen MR) is 211 cm³/mol. The van der Waals surface area contributed by atoms with Gasteiger partial charge in [-0.15, -0.1) is 0 Å². The fourth-order valence-corrected chi connectivity index (χ4v) is 8.27. The number of alkyl halides is 12. The first-order valence-electron chi connectivity index (χ1n) is 18.4. The van der Waals surface area contributed by atoms with Crippen molar-refractivity contribution in [1.82, 2.24) is 9.13 Å². The van der Waals surface area contributed by atoms with Crippen molar-refractivity contribution < 1.29 is 52.7 Å². The number of para-hydroxylation sites is 2. The van der Waals surface area contributed by atoms with Crippen LogP contribution in [-0.4, -0.2) is 9.13 Å². The van der Waals surface area contributed by atoms with Crippen LogP contribution in [0.5, 0.6) is 0 Å². The van der Waals surface area contributed by atoms with Crippen molar-refractivity contribution >= 4 is 43.6 Å². The average Bonchev–Trinajstić information content (AvgIpc) is 3.74. The van der Waals surface area contributed by atoms with Gasteiger partial charge in [0, 0.05) is 43.9 Å². The zero-order chi connectivity index (χ0) is 44.1. The molecule has 9 rings (SSSR count). The van der Waals surface area contributed by atoms with E-state index in [1.54, 1.807) is 53.1 Å². The van der Waals surface area contributed by atoms with E-state index in [0.29, 0.717) is 45.5 Å². The molecule has 3 nitrogen and oxygen atoms in total. The molecule has 0 fully saturated rings. The number of rotatable bonds is 4. The molecule has 0 amide bonds. The quantitative estimate of drug-likeness (QED) is 0.162. The van der Waals surface area contributed by atoms with Gasteiger partial charge in [-0.25, -0.2) is 0 Å². The minimum atomic E-state index is -5.27. The molecule has 15 heteroatoms. The van der Waals surface area contributed by atoms with Gasteiger partial charge >= 0.3 is 24.7 Å². The van der Waals surface area contributed by atoms with Gasteiger partial charge in [-0.1, -0.05) is 48.5 Å². The third kappa shape index (κ3) is 6.57. The monoisotopic (exact) mass is 857 g/mol. The zero-order valence-electron chi connectivity index (χ0n) is 31.2. The number of aromatic nitrogens is 2. The Hall–Kier alpha value is -7.21. The largest absolute Gasteiger partial charge is 0.417 e. The van der Waals surface area contributed by atoms with Crippen LogP contribution in [0.3, 0.4) is 0 Å². The molecule has 0 unspecified atom stereocenters. The maximum Gasteiger partial charge on any atom is 0.417 e. The molecule has 0 aliphatic carbocycles. The van der Waals surface area contributed by atoms with Gasteiger partial charge in [0.2, 0.25) is 0 Å². The summed E-state index contributed by atoms with van der Waals surface area (Å²) in [5, 5.41) is 11.6. The third-order valence-corrected chi connectivity index (χ3v) is 10.9. The normalized spacial score (nSPS) is 12.8. The second-order valence-electron chi connectivity index (χ2n) is 14.5. The lowest BCUT2D eigenvalue weighted by molar-refractivity contribution is -0.142. The highest BCUT2D eigenvalue weighted by Crippen LogP contribution is 2.48. The number of nitrogens with zero attached hydrogens (tertiary/aromatic N) is 3. The lowest BCUT2D eigenvalue weighted by atomic mass is 9.89. The maximum atomic E-state index is 14.6. The minimum absolute atomic E-state index is 0.0180. The Kier molecular flexibility index (Phi) is 9.02. The molecule has 62 heavy (non-hydrogen) atoms. The van der Waals surface area contributed by atoms with E-state index in [4.69, 9.17) is 0 Å². The fraction of sp³-hybridized carbons (Fsp3) is 0.0851. The Labute approximate surface area is 341 Å². The van der Waals surface area contributed by atoms with Gasteiger partial charge < -0.3 is 9.13 Å². The van der Waals surface area contributed by atoms with Crippen LogP contribution in [0.4, 0.5) is 52.7 Å². The van der Waals surface area contributed by atoms with Crippen LogP contribution in [0, 0.1) is 11.3 Å². The number of benzene rings is 7. The standard InChI is InChI=1S/C47H23F12N3/c48-44(49,50)27-14-18-40-34(21-27)30-6-1-3-10-38(30)61(40)29-16-12-26(24-60)32(23-29)33-20-25(43-36(46(54,55)56)8-5-9-37(43)47(57,58)59)13-17-41(33)62-39-11-4-2-7-31(39)35-22-28(45(51,52)53)15-19-42(35)62/h1-23H. The van der Waals surface area contributed by atoms with Crippen molar-refractivity contribution in [3.8, 4) is 39.7 Å². The lowest BCUT2D eigenvalue weighted by Crippen LogP contribution is -2.14. The highest BCUT2D eigenvalue weighted by atomic mass is 19.4. The number of nitriles is 1. The van der Waals surface area contributed by atoms with E-state index in [-0.39, 0.29) is 44.4 Å². The van der Waals surface area contributed by atoms with Gasteiger partial charge in [0.05, 0.1) is 61.6 Å². The summed E-state index contributed by atoms with van der Waals surface area (Å²) in [6, 6.07) is 30.4. The van der Waals surface area contributed by atoms with Crippen LogP contribution in [0.15, 0.2) is 140 Å². The molecule has 0 aliphatic heterocycles. The van der Waals surface area contributed by atoms with E-state index < -0.39 is 58.1 Å². The van der Waals surface area contributed by atoms with E-state index in [1.165, 1.54) is 41.0 Å². The molecular formula is C47H23F12N3. The summed E-state index contributed by atoms with van der Waals surface area (Å²) >= 11 is 0. The summed E-state index contributed by atoms with van der Waals surface area (Å²) in [5.74, 6) is 0. The Morgan fingerprint density at radius 3 is 1.42 bits per heavy atom. The van der Waals surface area contributed by atoms with Crippen LogP contribution in [0.1, 0.15) is 27.8 Å². The van der Waals surface area contributed by atoms with Gasteiger partial charge in [-0.3, -0.25) is 0 Å². The molecule has 0 atom stereocenters. The molecule has 2 aromatic heterocycles. The Bertz CT molecular complexity index is 3290. The molecular weight excluding hydrogens is 835 g/mol. The van der Waals surface area contributed by atoms with E-state index in [1.807, 2.05) is 6.07 Å². The van der Waals surface area contributed by atoms with Crippen molar-refractivity contribution in [3.63, 3.8) is 0 Å². The summed E-state index contributed by atoms with van der Waals surface area (Å²) in [6.45, 7) is 0. The third-order valence-electron chi connectivity index (χ3n) is 10.9. The van der Waals surface area contributed by atoms with Crippen molar-refractivity contribution in [1.29, 1.82) is 5.26 Å². The molecule has 0 spiro atoms. The first-order chi connectivity index (χ1) is 29.3. The first-order valence-corrected chi connectivity index (χ1v) is 18.4. The van der Waals surface area contributed by atoms with Crippen molar-refractivity contribution in [3.05, 3.63) is 167 Å². The first kappa shape index (κ1) is 40.2. The summed E-state index contributed by atoms with van der Waals surface area (Å²) in [5.41, 5.74) is -5.46. The second kappa shape index (κ2) is 13.9. The molecule has 2 heterocycles. The Morgan fingerprint density at radius 2 is 0.903 bits per heavy atom. The smallest absolute Gasteiger partial charge is 0.309 e. The Balaban J connectivity index is 1.40. The summed E-state index contributed by atoms with van der Waals surface area (Å²) in [4.78, 5) is 0. The van der Waals surface area contributed by atoms with Crippen molar-refractivity contribution in [2.45, 2.75) is 24.7 Å². The fourth-order valence-electron chi connectivity index (χ4n) is 8.27. The average molecular weight is 858 g/mol. The molecule has 7 aromatic carbocycles. The highest BCUT2D eigenvalue weighted by molar-refractivity contribution is 6.11. The van der Waals surface area contributed by atoms with Crippen LogP contribution >= 0.6 is 0 Å². The van der Waals surface area contributed by atoms with E-state index in [0.717, 1.165) is 36.4 Å². The van der Waals surface area contributed by atoms with Crippen LogP contribution in [0.2, 0.25) is 0 Å². The zero-order valence-corrected chi connectivity index (χ0v) is 31.2. The van der Waals surface area contributed by atoms with E-state index in [9.17, 15) is 57.9 Å². The van der Waals surface area contributed by atoms with Gasteiger partial charge in [0.1, 0.15) is 0 Å². The lowest BCUT2D eigenvalue weighted by Gasteiger charge is -2.22. The molecule has 0 saturated heterocycles. The summed E-state index contributed by atoms with van der Waals surface area (Å²) in [7, 11) is 0. The summed E-state index contributed by atoms with van der Waals surface area (Å²) in [6.07, 6.45) is -20.0. The van der Waals surface area contributed by atoms with E-state index >= 15 is 0 Å². The minimum Gasteiger partial charge on any atom is -0.309 e. The molecule has 0 N–H and O–H groups in total. The molecule has 0 bridgehead atoms. The SMILES string of the molecule is N#Cc1ccc(-n2c3ccccc3c3cc(C(F)(F)F)ccc32)cc1-c1cc(-c2c(C(F)(F)F)cccc2C(F)(F)F)ccc1-n1c2ccccc2c2cc(C(F)(F)F)ccc21.